The van der Waals surface area contributed by atoms with Gasteiger partial charge in [-0.25, -0.2) is 0 Å². The Morgan fingerprint density at radius 3 is 2.39 bits per heavy atom. The molecular weight excluding hydrogens is 369 g/mol. The Bertz CT molecular complexity index is 1200. The fourth-order valence-electron chi connectivity index (χ4n) is 3.27. The van der Waals surface area contributed by atoms with Crippen molar-refractivity contribution in [2.24, 2.45) is 0 Å². The van der Waals surface area contributed by atoms with E-state index >= 15 is 0 Å². The predicted molar refractivity (Wildman–Crippen MR) is 101 cm³/mol. The van der Waals surface area contributed by atoms with Crippen LogP contribution < -0.4 is 10.1 Å². The number of pyridine rings is 1. The Hall–Kier alpha value is -3.48. The molecule has 4 aromatic rings. The first-order valence-electron chi connectivity index (χ1n) is 8.49. The summed E-state index contributed by atoms with van der Waals surface area (Å²) in [4.78, 5) is 11.7. The van der Waals surface area contributed by atoms with Gasteiger partial charge in [0.05, 0.1) is 22.3 Å². The van der Waals surface area contributed by atoms with E-state index in [0.29, 0.717) is 10.9 Å². The number of anilines is 2. The van der Waals surface area contributed by atoms with Crippen LogP contribution in [0.1, 0.15) is 12.5 Å². The van der Waals surface area contributed by atoms with Gasteiger partial charge < -0.3 is 14.5 Å². The zero-order valence-electron chi connectivity index (χ0n) is 14.7. The van der Waals surface area contributed by atoms with Crippen molar-refractivity contribution in [2.75, 3.05) is 5.32 Å². The average molecular weight is 384 g/mol. The van der Waals surface area contributed by atoms with Crippen LogP contribution in [0.15, 0.2) is 66.9 Å². The Balaban J connectivity index is 2.01. The molecule has 0 aliphatic heterocycles. The number of nitrogens with one attached hydrogen (secondary N) is 1. The minimum atomic E-state index is -4.53. The first-order valence-corrected chi connectivity index (χ1v) is 8.49. The number of esters is 1. The molecule has 0 fully saturated rings. The monoisotopic (exact) mass is 384 g/mol. The third kappa shape index (κ3) is 3.05. The third-order valence-electron chi connectivity index (χ3n) is 4.38. The molecule has 0 unspecified atom stereocenters. The number of nitrogens with zero attached hydrogens (tertiary/aromatic N) is 1. The van der Waals surface area contributed by atoms with E-state index in [0.717, 1.165) is 11.6 Å². The molecule has 0 atom stereocenters. The first kappa shape index (κ1) is 17.9. The van der Waals surface area contributed by atoms with Gasteiger partial charge in [0.1, 0.15) is 5.69 Å². The minimum absolute atomic E-state index is 0.123. The van der Waals surface area contributed by atoms with Gasteiger partial charge in [-0.1, -0.05) is 24.3 Å². The van der Waals surface area contributed by atoms with E-state index in [1.165, 1.54) is 25.1 Å². The highest BCUT2D eigenvalue weighted by molar-refractivity contribution is 6.01. The highest BCUT2D eigenvalue weighted by atomic mass is 19.4. The number of para-hydroxylation sites is 2. The van der Waals surface area contributed by atoms with E-state index in [1.807, 2.05) is 16.5 Å². The third-order valence-corrected chi connectivity index (χ3v) is 4.38. The molecule has 0 bridgehead atoms. The molecule has 2 aromatic carbocycles. The van der Waals surface area contributed by atoms with Crippen LogP contribution in [0, 0.1) is 0 Å². The first-order chi connectivity index (χ1) is 13.4. The molecule has 0 radical (unpaired) electrons. The lowest BCUT2D eigenvalue weighted by Crippen LogP contribution is -2.11. The van der Waals surface area contributed by atoms with Crippen molar-refractivity contribution in [1.29, 1.82) is 0 Å². The van der Waals surface area contributed by atoms with E-state index in [9.17, 15) is 18.0 Å². The average Bonchev–Trinajstić information content (AvgIpc) is 3.13. The van der Waals surface area contributed by atoms with Crippen molar-refractivity contribution >= 4 is 33.8 Å². The molecule has 28 heavy (non-hydrogen) atoms. The summed E-state index contributed by atoms with van der Waals surface area (Å²) in [5, 5.41) is 3.46. The standard InChI is InChI=1S/C21H15F3N2O2/c1-13(27)28-20-14-7-2-5-10-17(14)26-12-6-11-18(26)19(20)25-16-9-4-3-8-15(16)21(22,23)24/h2-12,25H,1H3. The van der Waals surface area contributed by atoms with E-state index < -0.39 is 17.7 Å². The number of halogens is 3. The van der Waals surface area contributed by atoms with Crippen LogP contribution in [-0.4, -0.2) is 10.4 Å². The normalized spacial score (nSPS) is 11.7. The SMILES string of the molecule is CC(=O)Oc1c(Nc2ccccc2C(F)(F)F)c2cccn2c2ccccc12. The molecule has 2 aromatic heterocycles. The summed E-state index contributed by atoms with van der Waals surface area (Å²) in [6.45, 7) is 1.25. The maximum atomic E-state index is 13.4. The van der Waals surface area contributed by atoms with Crippen LogP contribution in [0.5, 0.6) is 5.75 Å². The number of carbonyl (C=O) groups is 1. The van der Waals surface area contributed by atoms with Crippen LogP contribution in [0.4, 0.5) is 24.5 Å². The number of alkyl halides is 3. The summed E-state index contributed by atoms with van der Waals surface area (Å²) in [7, 11) is 0. The van der Waals surface area contributed by atoms with Crippen molar-refractivity contribution in [3.63, 3.8) is 0 Å². The summed E-state index contributed by atoms with van der Waals surface area (Å²) in [5.41, 5.74) is 0.722. The van der Waals surface area contributed by atoms with Gasteiger partial charge in [0.15, 0.2) is 5.75 Å². The fraction of sp³-hybridized carbons (Fsp3) is 0.0952. The molecule has 0 aliphatic rings. The van der Waals surface area contributed by atoms with Crippen molar-refractivity contribution in [1.82, 2.24) is 4.40 Å². The van der Waals surface area contributed by atoms with Gasteiger partial charge in [0, 0.05) is 18.5 Å². The molecule has 1 N–H and O–H groups in total. The molecule has 142 valence electrons. The Kier molecular flexibility index (Phi) is 4.22. The molecule has 4 rings (SSSR count). The largest absolute Gasteiger partial charge is 0.424 e. The molecule has 0 amide bonds. The number of aromatic nitrogens is 1. The number of hydrogen-bond donors (Lipinski definition) is 1. The zero-order valence-corrected chi connectivity index (χ0v) is 14.7. The summed E-state index contributed by atoms with van der Waals surface area (Å²) < 4.78 is 47.6. The Labute approximate surface area is 158 Å². The number of benzene rings is 2. The van der Waals surface area contributed by atoms with Crippen LogP contribution in [-0.2, 0) is 11.0 Å². The highest BCUT2D eigenvalue weighted by Crippen LogP contribution is 2.42. The molecule has 0 saturated carbocycles. The van der Waals surface area contributed by atoms with Gasteiger partial charge in [-0.15, -0.1) is 0 Å². The second-order valence-corrected chi connectivity index (χ2v) is 6.25. The van der Waals surface area contributed by atoms with E-state index in [-0.39, 0.29) is 17.1 Å². The lowest BCUT2D eigenvalue weighted by molar-refractivity contribution is -0.137. The molecule has 4 nitrogen and oxygen atoms in total. The van der Waals surface area contributed by atoms with Crippen LogP contribution in [0.2, 0.25) is 0 Å². The van der Waals surface area contributed by atoms with Gasteiger partial charge in [-0.3, -0.25) is 4.79 Å². The molecule has 2 heterocycles. The second-order valence-electron chi connectivity index (χ2n) is 6.25. The van der Waals surface area contributed by atoms with Crippen LogP contribution in [0.25, 0.3) is 16.4 Å². The summed E-state index contributed by atoms with van der Waals surface area (Å²) >= 11 is 0. The number of rotatable bonds is 3. The zero-order chi connectivity index (χ0) is 19.9. The van der Waals surface area contributed by atoms with Crippen molar-refractivity contribution in [3.05, 3.63) is 72.4 Å². The molecule has 7 heteroatoms. The lowest BCUT2D eigenvalue weighted by atomic mass is 10.1. The second kappa shape index (κ2) is 6.60. The van der Waals surface area contributed by atoms with Crippen LogP contribution >= 0.6 is 0 Å². The topological polar surface area (TPSA) is 42.7 Å². The lowest BCUT2D eigenvalue weighted by Gasteiger charge is -2.19. The summed E-state index contributed by atoms with van der Waals surface area (Å²) in [6, 6.07) is 15.9. The van der Waals surface area contributed by atoms with Gasteiger partial charge in [-0.05, 0) is 36.4 Å². The van der Waals surface area contributed by atoms with Crippen molar-refractivity contribution in [2.45, 2.75) is 13.1 Å². The molecular formula is C21H15F3N2O2. The number of carbonyl (C=O) groups excluding carboxylic acids is 1. The van der Waals surface area contributed by atoms with Crippen molar-refractivity contribution in [3.8, 4) is 5.75 Å². The smallest absolute Gasteiger partial charge is 0.418 e. The molecule has 0 spiro atoms. The highest BCUT2D eigenvalue weighted by Gasteiger charge is 2.33. The predicted octanol–water partition coefficient (Wildman–Crippen LogP) is 5.78. The van der Waals surface area contributed by atoms with Gasteiger partial charge >= 0.3 is 12.1 Å². The summed E-state index contributed by atoms with van der Waals surface area (Å²) in [5.74, 6) is -0.375. The molecule has 0 aliphatic carbocycles. The van der Waals surface area contributed by atoms with E-state index in [1.54, 1.807) is 30.5 Å². The van der Waals surface area contributed by atoms with Gasteiger partial charge in [0.2, 0.25) is 0 Å². The number of fused-ring (bicyclic) bond motifs is 3. The maximum absolute atomic E-state index is 13.4. The number of ether oxygens (including phenoxy) is 1. The maximum Gasteiger partial charge on any atom is 0.418 e. The van der Waals surface area contributed by atoms with E-state index in [2.05, 4.69) is 5.32 Å². The number of hydrogen-bond acceptors (Lipinski definition) is 3. The Morgan fingerprint density at radius 2 is 1.64 bits per heavy atom. The Morgan fingerprint density at radius 1 is 0.964 bits per heavy atom. The quantitative estimate of drug-likeness (QED) is 0.455. The molecule has 0 saturated heterocycles. The van der Waals surface area contributed by atoms with E-state index in [4.69, 9.17) is 4.74 Å². The fourth-order valence-corrected chi connectivity index (χ4v) is 3.27. The van der Waals surface area contributed by atoms with Gasteiger partial charge in [0.25, 0.3) is 0 Å². The minimum Gasteiger partial charge on any atom is -0.424 e. The van der Waals surface area contributed by atoms with Crippen LogP contribution in [0.3, 0.4) is 0 Å². The van der Waals surface area contributed by atoms with Crippen molar-refractivity contribution < 1.29 is 22.7 Å². The van der Waals surface area contributed by atoms with Gasteiger partial charge in [-0.2, -0.15) is 13.2 Å². The summed E-state index contributed by atoms with van der Waals surface area (Å²) in [6.07, 6.45) is -2.73.